The number of hydrogen-bond acceptors (Lipinski definition) is 6. The van der Waals surface area contributed by atoms with Crippen LogP contribution in [-0.4, -0.2) is 35.7 Å². The van der Waals surface area contributed by atoms with Crippen molar-refractivity contribution in [2.75, 3.05) is 25.2 Å². The molecule has 2 aromatic rings. The Hall–Kier alpha value is -2.80. The van der Waals surface area contributed by atoms with Crippen molar-refractivity contribution >= 4 is 28.1 Å². The van der Waals surface area contributed by atoms with Crippen molar-refractivity contribution in [2.45, 2.75) is 0 Å². The number of benzene rings is 1. The zero-order chi connectivity index (χ0) is 16.9. The topological polar surface area (TPSA) is 63.7 Å². The molecule has 0 saturated heterocycles. The molecule has 7 heteroatoms. The molecule has 0 spiro atoms. The number of anilines is 2. The number of amides is 1. The number of aromatic nitrogens is 1. The van der Waals surface area contributed by atoms with E-state index in [0.29, 0.717) is 29.7 Å². The summed E-state index contributed by atoms with van der Waals surface area (Å²) in [5.41, 5.74) is 1.22. The van der Waals surface area contributed by atoms with Gasteiger partial charge in [-0.05, 0) is 12.1 Å². The Kier molecular flexibility index (Phi) is 4.81. The lowest BCUT2D eigenvalue weighted by atomic mass is 10.3. The average Bonchev–Trinajstić information content (AvgIpc) is 3.23. The van der Waals surface area contributed by atoms with E-state index in [1.54, 1.807) is 22.4 Å². The van der Waals surface area contributed by atoms with Gasteiger partial charge in [-0.2, -0.15) is 0 Å². The predicted molar refractivity (Wildman–Crippen MR) is 94.3 cm³/mol. The molecule has 0 radical (unpaired) electrons. The van der Waals surface area contributed by atoms with Crippen LogP contribution in [0.1, 0.15) is 10.5 Å². The molecule has 0 atom stereocenters. The zero-order valence-electron chi connectivity index (χ0n) is 13.0. The SMILES string of the molecule is C=CCN(CC=C)C(=O)c1csc(Nc2ccc3c(c2)OCO3)n1. The average molecular weight is 343 g/mol. The molecule has 0 fully saturated rings. The first-order chi connectivity index (χ1) is 11.7. The Balaban J connectivity index is 1.72. The number of nitrogens with zero attached hydrogens (tertiary/aromatic N) is 2. The second kappa shape index (κ2) is 7.18. The fourth-order valence-corrected chi connectivity index (χ4v) is 2.95. The van der Waals surface area contributed by atoms with E-state index < -0.39 is 0 Å². The van der Waals surface area contributed by atoms with E-state index in [-0.39, 0.29) is 12.7 Å². The molecule has 1 aliphatic heterocycles. The van der Waals surface area contributed by atoms with E-state index in [4.69, 9.17) is 9.47 Å². The van der Waals surface area contributed by atoms with Crippen molar-refractivity contribution in [3.05, 3.63) is 54.6 Å². The van der Waals surface area contributed by atoms with Gasteiger partial charge in [0.2, 0.25) is 6.79 Å². The van der Waals surface area contributed by atoms with Gasteiger partial charge in [-0.3, -0.25) is 4.79 Å². The van der Waals surface area contributed by atoms with E-state index in [1.165, 1.54) is 11.3 Å². The Morgan fingerprint density at radius 2 is 2.04 bits per heavy atom. The molecule has 0 bridgehead atoms. The number of carbonyl (C=O) groups excluding carboxylic acids is 1. The van der Waals surface area contributed by atoms with Crippen molar-refractivity contribution in [1.29, 1.82) is 0 Å². The lowest BCUT2D eigenvalue weighted by molar-refractivity contribution is 0.0786. The third-order valence-electron chi connectivity index (χ3n) is 3.33. The van der Waals surface area contributed by atoms with E-state index in [2.05, 4.69) is 23.5 Å². The zero-order valence-corrected chi connectivity index (χ0v) is 13.8. The fraction of sp³-hybridized carbons (Fsp3) is 0.176. The Morgan fingerprint density at radius 1 is 1.29 bits per heavy atom. The third kappa shape index (κ3) is 3.41. The Bertz CT molecular complexity index is 762. The second-order valence-electron chi connectivity index (χ2n) is 5.02. The normalized spacial score (nSPS) is 11.8. The number of nitrogens with one attached hydrogen (secondary N) is 1. The first kappa shape index (κ1) is 16.1. The van der Waals surface area contributed by atoms with Gasteiger partial charge < -0.3 is 19.7 Å². The molecule has 6 nitrogen and oxygen atoms in total. The molecule has 0 unspecified atom stereocenters. The second-order valence-corrected chi connectivity index (χ2v) is 5.88. The van der Waals surface area contributed by atoms with Gasteiger partial charge in [0.1, 0.15) is 5.69 Å². The quantitative estimate of drug-likeness (QED) is 0.780. The molecule has 1 aliphatic rings. The Labute approximate surface area is 144 Å². The van der Waals surface area contributed by atoms with Crippen molar-refractivity contribution < 1.29 is 14.3 Å². The summed E-state index contributed by atoms with van der Waals surface area (Å²) in [6.07, 6.45) is 3.36. The predicted octanol–water partition coefficient (Wildman–Crippen LogP) is 3.43. The number of rotatable bonds is 7. The summed E-state index contributed by atoms with van der Waals surface area (Å²) < 4.78 is 10.6. The summed E-state index contributed by atoms with van der Waals surface area (Å²) in [6, 6.07) is 5.55. The molecular formula is C17H17N3O3S. The van der Waals surface area contributed by atoms with E-state index in [0.717, 1.165) is 11.4 Å². The van der Waals surface area contributed by atoms with Gasteiger partial charge in [-0.1, -0.05) is 12.2 Å². The number of fused-ring (bicyclic) bond motifs is 1. The maximum Gasteiger partial charge on any atom is 0.273 e. The number of thiazole rings is 1. The highest BCUT2D eigenvalue weighted by molar-refractivity contribution is 7.14. The molecule has 1 amide bonds. The van der Waals surface area contributed by atoms with Crippen LogP contribution < -0.4 is 14.8 Å². The molecule has 1 aromatic heterocycles. The molecule has 124 valence electrons. The van der Waals surface area contributed by atoms with E-state index >= 15 is 0 Å². The first-order valence-corrected chi connectivity index (χ1v) is 8.22. The highest BCUT2D eigenvalue weighted by atomic mass is 32.1. The van der Waals surface area contributed by atoms with Crippen LogP contribution in [0.4, 0.5) is 10.8 Å². The van der Waals surface area contributed by atoms with Crippen LogP contribution in [0.15, 0.2) is 48.9 Å². The van der Waals surface area contributed by atoms with Crippen molar-refractivity contribution in [1.82, 2.24) is 9.88 Å². The van der Waals surface area contributed by atoms with Crippen LogP contribution >= 0.6 is 11.3 Å². The Morgan fingerprint density at radius 3 is 2.79 bits per heavy atom. The molecule has 0 saturated carbocycles. The summed E-state index contributed by atoms with van der Waals surface area (Å²) in [6.45, 7) is 8.47. The third-order valence-corrected chi connectivity index (χ3v) is 4.09. The van der Waals surface area contributed by atoms with E-state index in [1.807, 2.05) is 18.2 Å². The molecular weight excluding hydrogens is 326 g/mol. The summed E-state index contributed by atoms with van der Waals surface area (Å²) in [5.74, 6) is 1.26. The molecule has 1 N–H and O–H groups in total. The van der Waals surface area contributed by atoms with Crippen LogP contribution in [0.2, 0.25) is 0 Å². The van der Waals surface area contributed by atoms with Crippen LogP contribution in [0.5, 0.6) is 11.5 Å². The monoisotopic (exact) mass is 343 g/mol. The summed E-state index contributed by atoms with van der Waals surface area (Å²) in [5, 5.41) is 5.54. The lowest BCUT2D eigenvalue weighted by Gasteiger charge is -2.17. The minimum absolute atomic E-state index is 0.148. The number of ether oxygens (including phenoxy) is 2. The number of hydrogen-bond donors (Lipinski definition) is 1. The first-order valence-electron chi connectivity index (χ1n) is 7.34. The van der Waals surface area contributed by atoms with Gasteiger partial charge in [0.15, 0.2) is 16.6 Å². The van der Waals surface area contributed by atoms with Gasteiger partial charge >= 0.3 is 0 Å². The maximum absolute atomic E-state index is 12.5. The van der Waals surface area contributed by atoms with Gasteiger partial charge in [0.25, 0.3) is 5.91 Å². The van der Waals surface area contributed by atoms with Crippen LogP contribution in [0.25, 0.3) is 0 Å². The van der Waals surface area contributed by atoms with Crippen molar-refractivity contribution in [2.24, 2.45) is 0 Å². The minimum Gasteiger partial charge on any atom is -0.454 e. The minimum atomic E-state index is -0.148. The smallest absolute Gasteiger partial charge is 0.273 e. The molecule has 0 aliphatic carbocycles. The van der Waals surface area contributed by atoms with E-state index in [9.17, 15) is 4.79 Å². The molecule has 1 aromatic carbocycles. The maximum atomic E-state index is 12.5. The largest absolute Gasteiger partial charge is 0.454 e. The highest BCUT2D eigenvalue weighted by Crippen LogP contribution is 2.35. The van der Waals surface area contributed by atoms with Crippen LogP contribution in [0.3, 0.4) is 0 Å². The number of carbonyl (C=O) groups is 1. The van der Waals surface area contributed by atoms with Crippen molar-refractivity contribution in [3.8, 4) is 11.5 Å². The lowest BCUT2D eigenvalue weighted by Crippen LogP contribution is -2.31. The van der Waals surface area contributed by atoms with Crippen LogP contribution in [0, 0.1) is 0 Å². The van der Waals surface area contributed by atoms with Gasteiger partial charge in [0, 0.05) is 30.2 Å². The fourth-order valence-electron chi connectivity index (χ4n) is 2.24. The van der Waals surface area contributed by atoms with Gasteiger partial charge in [-0.15, -0.1) is 24.5 Å². The summed E-state index contributed by atoms with van der Waals surface area (Å²) in [4.78, 5) is 18.4. The summed E-state index contributed by atoms with van der Waals surface area (Å²) in [7, 11) is 0. The van der Waals surface area contributed by atoms with Crippen LogP contribution in [-0.2, 0) is 0 Å². The van der Waals surface area contributed by atoms with Gasteiger partial charge in [0.05, 0.1) is 0 Å². The molecule has 3 rings (SSSR count). The highest BCUT2D eigenvalue weighted by Gasteiger charge is 2.18. The van der Waals surface area contributed by atoms with Crippen molar-refractivity contribution in [3.63, 3.8) is 0 Å². The standard InChI is InChI=1S/C17H17N3O3S/c1-3-7-20(8-4-2)16(21)13-10-24-17(19-13)18-12-5-6-14-15(9-12)23-11-22-14/h3-6,9-10H,1-2,7-8,11H2,(H,18,19). The molecule has 2 heterocycles. The molecule has 24 heavy (non-hydrogen) atoms. The summed E-state index contributed by atoms with van der Waals surface area (Å²) >= 11 is 1.37. The van der Waals surface area contributed by atoms with Gasteiger partial charge in [-0.25, -0.2) is 4.98 Å².